The molecule has 0 atom stereocenters. The van der Waals surface area contributed by atoms with E-state index in [2.05, 4.69) is 15.5 Å². The second kappa shape index (κ2) is 9.18. The first-order chi connectivity index (χ1) is 13.5. The summed E-state index contributed by atoms with van der Waals surface area (Å²) < 4.78 is 6.82. The van der Waals surface area contributed by atoms with Crippen LogP contribution in [0.25, 0.3) is 5.69 Å². The van der Waals surface area contributed by atoms with Gasteiger partial charge in [-0.1, -0.05) is 47.2 Å². The zero-order valence-electron chi connectivity index (χ0n) is 15.6. The highest BCUT2D eigenvalue weighted by Crippen LogP contribution is 2.20. The number of benzene rings is 2. The summed E-state index contributed by atoms with van der Waals surface area (Å²) >= 11 is 1.20. The van der Waals surface area contributed by atoms with Crippen molar-refractivity contribution < 1.29 is 14.3 Å². The molecule has 3 aromatic rings. The van der Waals surface area contributed by atoms with Crippen LogP contribution in [0, 0.1) is 13.8 Å². The number of ether oxygens (including phenoxy) is 1. The normalized spacial score (nSPS) is 10.5. The number of hydrogen-bond donors (Lipinski definition) is 1. The van der Waals surface area contributed by atoms with Gasteiger partial charge in [-0.2, -0.15) is 0 Å². The van der Waals surface area contributed by atoms with Crippen molar-refractivity contribution in [1.29, 1.82) is 0 Å². The van der Waals surface area contributed by atoms with Gasteiger partial charge in [0.05, 0.1) is 5.75 Å². The number of aryl methyl sites for hydroxylation is 2. The molecule has 0 bridgehead atoms. The van der Waals surface area contributed by atoms with Gasteiger partial charge in [0, 0.05) is 11.4 Å². The fourth-order valence-corrected chi connectivity index (χ4v) is 3.08. The van der Waals surface area contributed by atoms with E-state index in [1.807, 2.05) is 50.2 Å². The lowest BCUT2D eigenvalue weighted by Gasteiger charge is -2.08. The predicted octanol–water partition coefficient (Wildman–Crippen LogP) is 3.16. The maximum Gasteiger partial charge on any atom is 0.316 e. The number of nitrogens with one attached hydrogen (secondary N) is 1. The maximum atomic E-state index is 12.0. The Balaban J connectivity index is 1.47. The van der Waals surface area contributed by atoms with Gasteiger partial charge in [-0.3, -0.25) is 14.2 Å². The summed E-state index contributed by atoms with van der Waals surface area (Å²) in [6.45, 7) is 3.64. The molecule has 1 aromatic heterocycles. The first-order valence-electron chi connectivity index (χ1n) is 8.63. The fourth-order valence-electron chi connectivity index (χ4n) is 2.35. The van der Waals surface area contributed by atoms with E-state index in [1.54, 1.807) is 23.0 Å². The van der Waals surface area contributed by atoms with E-state index in [1.165, 1.54) is 11.8 Å². The minimum absolute atomic E-state index is 0.0301. The molecule has 0 radical (unpaired) electrons. The summed E-state index contributed by atoms with van der Waals surface area (Å²) in [4.78, 5) is 23.8. The third kappa shape index (κ3) is 5.43. The first kappa shape index (κ1) is 19.6. The standard InChI is InChI=1S/C20H20N4O3S/c1-14-3-7-16(8-4-14)22-18(25)11-27-19(26)12-28-20-23-21-13-24(20)17-9-5-15(2)6-10-17/h3-10,13H,11-12H2,1-2H3,(H,22,25). The summed E-state index contributed by atoms with van der Waals surface area (Å²) in [5.74, 6) is -0.852. The van der Waals surface area contributed by atoms with Crippen molar-refractivity contribution in [1.82, 2.24) is 14.8 Å². The Morgan fingerprint density at radius 3 is 2.36 bits per heavy atom. The highest BCUT2D eigenvalue weighted by atomic mass is 32.2. The van der Waals surface area contributed by atoms with Gasteiger partial charge < -0.3 is 10.1 Å². The summed E-state index contributed by atoms with van der Waals surface area (Å²) in [5.41, 5.74) is 3.81. The van der Waals surface area contributed by atoms with E-state index in [9.17, 15) is 9.59 Å². The summed E-state index contributed by atoms with van der Waals surface area (Å²) in [6.07, 6.45) is 1.59. The molecule has 1 heterocycles. The second-order valence-corrected chi connectivity index (χ2v) is 7.13. The van der Waals surface area contributed by atoms with Crippen LogP contribution in [-0.4, -0.2) is 39.0 Å². The van der Waals surface area contributed by atoms with E-state index in [0.29, 0.717) is 10.8 Å². The van der Waals surface area contributed by atoms with Crippen molar-refractivity contribution in [2.24, 2.45) is 0 Å². The van der Waals surface area contributed by atoms with Gasteiger partial charge in [0.1, 0.15) is 6.33 Å². The molecular weight excluding hydrogens is 376 g/mol. The topological polar surface area (TPSA) is 86.1 Å². The second-order valence-electron chi connectivity index (χ2n) is 6.18. The fraction of sp³-hybridized carbons (Fsp3) is 0.200. The van der Waals surface area contributed by atoms with Crippen LogP contribution >= 0.6 is 11.8 Å². The zero-order valence-corrected chi connectivity index (χ0v) is 16.4. The van der Waals surface area contributed by atoms with Gasteiger partial charge in [0.25, 0.3) is 5.91 Å². The zero-order chi connectivity index (χ0) is 19.9. The number of thioether (sulfide) groups is 1. The van der Waals surface area contributed by atoms with Crippen molar-refractivity contribution >= 4 is 29.3 Å². The Morgan fingerprint density at radius 2 is 1.68 bits per heavy atom. The van der Waals surface area contributed by atoms with Crippen LogP contribution in [0.2, 0.25) is 0 Å². The van der Waals surface area contributed by atoms with Crippen LogP contribution in [0.5, 0.6) is 0 Å². The Hall–Kier alpha value is -3.13. The average molecular weight is 396 g/mol. The van der Waals surface area contributed by atoms with Gasteiger partial charge in [0.15, 0.2) is 11.8 Å². The molecule has 0 aliphatic heterocycles. The smallest absolute Gasteiger partial charge is 0.316 e. The van der Waals surface area contributed by atoms with E-state index >= 15 is 0 Å². The summed E-state index contributed by atoms with van der Waals surface area (Å²) in [6, 6.07) is 15.3. The van der Waals surface area contributed by atoms with Crippen molar-refractivity contribution in [2.75, 3.05) is 17.7 Å². The Kier molecular flexibility index (Phi) is 6.44. The molecule has 3 rings (SSSR count). The van der Waals surface area contributed by atoms with Gasteiger partial charge >= 0.3 is 5.97 Å². The number of carbonyl (C=O) groups is 2. The molecule has 2 aromatic carbocycles. The van der Waals surface area contributed by atoms with Gasteiger partial charge in [-0.25, -0.2) is 0 Å². The Morgan fingerprint density at radius 1 is 1.04 bits per heavy atom. The van der Waals surface area contributed by atoms with Crippen molar-refractivity contribution in [3.05, 3.63) is 66.0 Å². The largest absolute Gasteiger partial charge is 0.455 e. The molecule has 0 saturated heterocycles. The lowest BCUT2D eigenvalue weighted by molar-refractivity contribution is -0.144. The van der Waals surface area contributed by atoms with Crippen LogP contribution < -0.4 is 5.32 Å². The Bertz CT molecular complexity index is 952. The van der Waals surface area contributed by atoms with Crippen molar-refractivity contribution in [2.45, 2.75) is 19.0 Å². The molecule has 7 nitrogen and oxygen atoms in total. The predicted molar refractivity (Wildman–Crippen MR) is 108 cm³/mol. The highest BCUT2D eigenvalue weighted by Gasteiger charge is 2.12. The van der Waals surface area contributed by atoms with Gasteiger partial charge in [-0.05, 0) is 38.1 Å². The number of esters is 1. The number of hydrogen-bond acceptors (Lipinski definition) is 6. The molecule has 0 unspecified atom stereocenters. The molecule has 1 amide bonds. The molecule has 1 N–H and O–H groups in total. The Labute approximate surface area is 167 Å². The molecule has 0 aliphatic rings. The minimum Gasteiger partial charge on any atom is -0.455 e. The number of carbonyl (C=O) groups excluding carboxylic acids is 2. The molecule has 8 heteroatoms. The summed E-state index contributed by atoms with van der Waals surface area (Å²) in [5, 5.41) is 11.2. The molecule has 0 spiro atoms. The quantitative estimate of drug-likeness (QED) is 0.488. The number of anilines is 1. The van der Waals surface area contributed by atoms with E-state index in [-0.39, 0.29) is 18.3 Å². The number of rotatable bonds is 7. The highest BCUT2D eigenvalue weighted by molar-refractivity contribution is 7.99. The van der Waals surface area contributed by atoms with Crippen LogP contribution in [-0.2, 0) is 14.3 Å². The van der Waals surface area contributed by atoms with Crippen LogP contribution in [0.3, 0.4) is 0 Å². The summed E-state index contributed by atoms with van der Waals surface area (Å²) in [7, 11) is 0. The lowest BCUT2D eigenvalue weighted by atomic mass is 10.2. The van der Waals surface area contributed by atoms with Crippen LogP contribution in [0.4, 0.5) is 5.69 Å². The molecular formula is C20H20N4O3S. The van der Waals surface area contributed by atoms with Gasteiger partial charge in [-0.15, -0.1) is 10.2 Å². The van der Waals surface area contributed by atoms with Gasteiger partial charge in [0.2, 0.25) is 0 Å². The van der Waals surface area contributed by atoms with E-state index in [4.69, 9.17) is 4.74 Å². The minimum atomic E-state index is -0.498. The molecule has 0 fully saturated rings. The van der Waals surface area contributed by atoms with Crippen LogP contribution in [0.15, 0.2) is 60.0 Å². The lowest BCUT2D eigenvalue weighted by Crippen LogP contribution is -2.21. The van der Waals surface area contributed by atoms with Crippen molar-refractivity contribution in [3.8, 4) is 5.69 Å². The number of amides is 1. The first-order valence-corrected chi connectivity index (χ1v) is 9.62. The van der Waals surface area contributed by atoms with E-state index in [0.717, 1.165) is 16.8 Å². The average Bonchev–Trinajstić information content (AvgIpc) is 3.16. The molecule has 28 heavy (non-hydrogen) atoms. The van der Waals surface area contributed by atoms with E-state index < -0.39 is 5.97 Å². The number of nitrogens with zero attached hydrogens (tertiary/aromatic N) is 3. The molecule has 0 aliphatic carbocycles. The van der Waals surface area contributed by atoms with Crippen molar-refractivity contribution in [3.63, 3.8) is 0 Å². The van der Waals surface area contributed by atoms with Crippen LogP contribution in [0.1, 0.15) is 11.1 Å². The monoisotopic (exact) mass is 396 g/mol. The molecule has 0 saturated carbocycles. The maximum absolute atomic E-state index is 12.0. The molecule has 144 valence electrons. The number of aromatic nitrogens is 3. The third-order valence-corrected chi connectivity index (χ3v) is 4.76. The SMILES string of the molecule is Cc1ccc(NC(=O)COC(=O)CSc2nncn2-c2ccc(C)cc2)cc1. The third-order valence-electron chi connectivity index (χ3n) is 3.85.